The fourth-order valence-corrected chi connectivity index (χ4v) is 5.61. The van der Waals surface area contributed by atoms with Crippen molar-refractivity contribution in [2.75, 3.05) is 19.9 Å². The van der Waals surface area contributed by atoms with E-state index in [1.54, 1.807) is 0 Å². The van der Waals surface area contributed by atoms with Crippen LogP contribution >= 0.6 is 0 Å². The Bertz CT molecular complexity index is 789. The molecule has 3 heterocycles. The third-order valence-corrected chi connectivity index (χ3v) is 7.22. The topological polar surface area (TPSA) is 59.1 Å². The second kappa shape index (κ2) is 7.88. The van der Waals surface area contributed by atoms with Crippen molar-refractivity contribution in [3.63, 3.8) is 0 Å². The van der Waals surface area contributed by atoms with Crippen molar-refractivity contribution in [2.24, 2.45) is 11.8 Å². The quantitative estimate of drug-likeness (QED) is 0.781. The van der Waals surface area contributed by atoms with Gasteiger partial charge >= 0.3 is 0 Å². The van der Waals surface area contributed by atoms with Gasteiger partial charge in [0.2, 0.25) is 18.6 Å². The van der Waals surface area contributed by atoms with E-state index in [0.29, 0.717) is 30.7 Å². The summed E-state index contributed by atoms with van der Waals surface area (Å²) in [6, 6.07) is 6.16. The fraction of sp³-hybridized carbons (Fsp3) is 0.652. The number of likely N-dealkylation sites (tertiary alicyclic amines) is 2. The Labute approximate surface area is 172 Å². The van der Waals surface area contributed by atoms with Gasteiger partial charge in [-0.2, -0.15) is 0 Å². The van der Waals surface area contributed by atoms with Crippen LogP contribution in [0.3, 0.4) is 0 Å². The van der Waals surface area contributed by atoms with E-state index >= 15 is 0 Å². The lowest BCUT2D eigenvalue weighted by atomic mass is 9.83. The molecule has 0 radical (unpaired) electrons. The van der Waals surface area contributed by atoms with Gasteiger partial charge in [-0.05, 0) is 55.2 Å². The van der Waals surface area contributed by atoms with Gasteiger partial charge < -0.3 is 19.3 Å². The van der Waals surface area contributed by atoms with E-state index in [1.165, 1.54) is 25.7 Å². The molecule has 1 aliphatic carbocycles. The Morgan fingerprint density at radius 3 is 2.76 bits per heavy atom. The molecule has 1 saturated carbocycles. The molecular formula is C23H30N2O4. The molecule has 2 amide bonds. The molecule has 6 nitrogen and oxygen atoms in total. The third kappa shape index (κ3) is 3.81. The molecule has 0 spiro atoms. The van der Waals surface area contributed by atoms with Crippen LogP contribution in [-0.4, -0.2) is 47.5 Å². The van der Waals surface area contributed by atoms with Crippen LogP contribution in [0.2, 0.25) is 0 Å². The van der Waals surface area contributed by atoms with E-state index in [-0.39, 0.29) is 18.7 Å². The Kier molecular flexibility index (Phi) is 5.10. The molecule has 156 valence electrons. The fourth-order valence-electron chi connectivity index (χ4n) is 5.61. The first-order valence-corrected chi connectivity index (χ1v) is 11.1. The minimum Gasteiger partial charge on any atom is -0.454 e. The van der Waals surface area contributed by atoms with Crippen molar-refractivity contribution < 1.29 is 19.1 Å². The molecule has 2 saturated heterocycles. The molecule has 4 aliphatic rings. The minimum atomic E-state index is 0.231. The predicted octanol–water partition coefficient (Wildman–Crippen LogP) is 3.34. The van der Waals surface area contributed by atoms with E-state index in [4.69, 9.17) is 9.47 Å². The molecular weight excluding hydrogens is 368 g/mol. The van der Waals surface area contributed by atoms with Gasteiger partial charge in [0.1, 0.15) is 0 Å². The zero-order valence-electron chi connectivity index (χ0n) is 17.0. The Hall–Kier alpha value is -2.24. The summed E-state index contributed by atoms with van der Waals surface area (Å²) in [5.74, 6) is 3.07. The second-order valence-corrected chi connectivity index (χ2v) is 9.06. The van der Waals surface area contributed by atoms with Gasteiger partial charge in [-0.15, -0.1) is 0 Å². The summed E-state index contributed by atoms with van der Waals surface area (Å²) in [4.78, 5) is 29.6. The largest absolute Gasteiger partial charge is 0.454 e. The van der Waals surface area contributed by atoms with Crippen molar-refractivity contribution in [1.29, 1.82) is 0 Å². The maximum atomic E-state index is 12.8. The van der Waals surface area contributed by atoms with E-state index in [1.807, 2.05) is 23.1 Å². The number of fused-ring (bicyclic) bond motifs is 2. The number of rotatable bonds is 4. The zero-order valence-corrected chi connectivity index (χ0v) is 17.0. The van der Waals surface area contributed by atoms with Gasteiger partial charge in [-0.3, -0.25) is 9.59 Å². The van der Waals surface area contributed by atoms with Gasteiger partial charge in [-0.1, -0.05) is 18.9 Å². The first kappa shape index (κ1) is 18.8. The van der Waals surface area contributed by atoms with Crippen LogP contribution in [0.25, 0.3) is 0 Å². The SMILES string of the molecule is O=C(CC1CCCC1)N1CC[C@H]2[C@H](CCC(=O)N2Cc2ccc3c(c2)OCO3)C1. The van der Waals surface area contributed by atoms with Crippen LogP contribution in [0.15, 0.2) is 18.2 Å². The molecule has 0 aromatic heterocycles. The highest BCUT2D eigenvalue weighted by Crippen LogP contribution is 2.36. The van der Waals surface area contributed by atoms with Gasteiger partial charge in [0.25, 0.3) is 0 Å². The molecule has 0 bridgehead atoms. The van der Waals surface area contributed by atoms with Gasteiger partial charge in [0.05, 0.1) is 0 Å². The van der Waals surface area contributed by atoms with Crippen LogP contribution in [0.5, 0.6) is 11.5 Å². The molecule has 5 rings (SSSR count). The van der Waals surface area contributed by atoms with Gasteiger partial charge in [0, 0.05) is 38.5 Å². The summed E-state index contributed by atoms with van der Waals surface area (Å²) in [5.41, 5.74) is 1.07. The van der Waals surface area contributed by atoms with E-state index < -0.39 is 0 Å². The smallest absolute Gasteiger partial charge is 0.231 e. The van der Waals surface area contributed by atoms with Crippen LogP contribution < -0.4 is 9.47 Å². The molecule has 6 heteroatoms. The van der Waals surface area contributed by atoms with Gasteiger partial charge in [-0.25, -0.2) is 0 Å². The highest BCUT2D eigenvalue weighted by molar-refractivity contribution is 5.78. The third-order valence-electron chi connectivity index (χ3n) is 7.22. The van der Waals surface area contributed by atoms with E-state index in [9.17, 15) is 9.59 Å². The maximum Gasteiger partial charge on any atom is 0.231 e. The Morgan fingerprint density at radius 2 is 1.90 bits per heavy atom. The molecule has 2 atom stereocenters. The van der Waals surface area contributed by atoms with Crippen LogP contribution in [0.4, 0.5) is 0 Å². The zero-order chi connectivity index (χ0) is 19.8. The number of benzene rings is 1. The molecule has 3 fully saturated rings. The van der Waals surface area contributed by atoms with Crippen LogP contribution in [0.1, 0.15) is 56.9 Å². The summed E-state index contributed by atoms with van der Waals surface area (Å²) in [7, 11) is 0. The monoisotopic (exact) mass is 398 g/mol. The normalized spacial score (nSPS) is 26.7. The van der Waals surface area contributed by atoms with Crippen molar-refractivity contribution in [3.8, 4) is 11.5 Å². The standard InChI is InChI=1S/C23H30N2O4/c26-22-8-6-18-14-24(23(27)12-16-3-1-2-4-16)10-9-19(18)25(22)13-17-5-7-20-21(11-17)29-15-28-20/h5,7,11,16,18-19H,1-4,6,8-10,12-15H2/t18-,19+/m1/s1. The average molecular weight is 399 g/mol. The number of nitrogens with zero attached hydrogens (tertiary/aromatic N) is 2. The average Bonchev–Trinajstić information content (AvgIpc) is 3.41. The molecule has 1 aromatic carbocycles. The molecule has 29 heavy (non-hydrogen) atoms. The molecule has 1 aromatic rings. The summed E-state index contributed by atoms with van der Waals surface area (Å²) < 4.78 is 10.9. The number of carbonyl (C=O) groups excluding carboxylic acids is 2. The van der Waals surface area contributed by atoms with Crippen molar-refractivity contribution in [1.82, 2.24) is 9.80 Å². The summed E-state index contributed by atoms with van der Waals surface area (Å²) >= 11 is 0. The number of amides is 2. The summed E-state index contributed by atoms with van der Waals surface area (Å²) in [6.07, 6.45) is 8.06. The number of ether oxygens (including phenoxy) is 2. The Balaban J connectivity index is 1.24. The molecule has 3 aliphatic heterocycles. The highest BCUT2D eigenvalue weighted by atomic mass is 16.7. The van der Waals surface area contributed by atoms with Crippen molar-refractivity contribution in [2.45, 2.75) is 64.0 Å². The lowest BCUT2D eigenvalue weighted by Crippen LogP contribution is -2.56. The lowest BCUT2D eigenvalue weighted by molar-refractivity contribution is -0.145. The van der Waals surface area contributed by atoms with Crippen LogP contribution in [-0.2, 0) is 16.1 Å². The molecule has 0 N–H and O–H groups in total. The summed E-state index contributed by atoms with van der Waals surface area (Å²) in [5, 5.41) is 0. The first-order chi connectivity index (χ1) is 14.2. The maximum absolute atomic E-state index is 12.8. The van der Waals surface area contributed by atoms with Gasteiger partial charge in [0.15, 0.2) is 11.5 Å². The number of carbonyl (C=O) groups is 2. The van der Waals surface area contributed by atoms with Crippen molar-refractivity contribution in [3.05, 3.63) is 23.8 Å². The first-order valence-electron chi connectivity index (χ1n) is 11.1. The highest BCUT2D eigenvalue weighted by Gasteiger charge is 2.40. The minimum absolute atomic E-state index is 0.231. The van der Waals surface area contributed by atoms with E-state index in [0.717, 1.165) is 49.4 Å². The van der Waals surface area contributed by atoms with Crippen molar-refractivity contribution >= 4 is 11.8 Å². The van der Waals surface area contributed by atoms with Crippen LogP contribution in [0, 0.1) is 11.8 Å². The predicted molar refractivity (Wildman–Crippen MR) is 107 cm³/mol. The Morgan fingerprint density at radius 1 is 1.07 bits per heavy atom. The molecule has 0 unspecified atom stereocenters. The van der Waals surface area contributed by atoms with E-state index in [2.05, 4.69) is 4.90 Å². The second-order valence-electron chi connectivity index (χ2n) is 9.06. The number of piperidine rings is 2. The number of hydrogen-bond acceptors (Lipinski definition) is 4. The lowest BCUT2D eigenvalue weighted by Gasteiger charge is -2.47. The summed E-state index contributed by atoms with van der Waals surface area (Å²) in [6.45, 7) is 2.45. The number of hydrogen-bond donors (Lipinski definition) is 0.